The molecule has 0 N–H and O–H groups in total. The molecule has 0 spiro atoms. The molecule has 0 fully saturated rings. The first-order chi connectivity index (χ1) is 12.0. The smallest absolute Gasteiger partial charge is 0.334 e. The van der Waals surface area contributed by atoms with Crippen molar-refractivity contribution in [2.75, 3.05) is 6.61 Å². The molecule has 128 valence electrons. The van der Waals surface area contributed by atoms with Crippen LogP contribution in [0.25, 0.3) is 6.08 Å². The number of non-ortho nitro benzene ring substituents is 1. The Labute approximate surface area is 144 Å². The number of hydrogen-bond donors (Lipinski definition) is 0. The molecule has 0 aliphatic carbocycles. The Balaban J connectivity index is 2.32. The normalized spacial score (nSPS) is 11.0. The summed E-state index contributed by atoms with van der Waals surface area (Å²) in [6.07, 6.45) is 1.30. The number of ketones is 1. The summed E-state index contributed by atoms with van der Waals surface area (Å²) in [5.74, 6) is -0.844. The molecule has 0 saturated carbocycles. The van der Waals surface area contributed by atoms with Crippen LogP contribution in [0.4, 0.5) is 5.69 Å². The second-order valence-corrected chi connectivity index (χ2v) is 5.21. The van der Waals surface area contributed by atoms with Crippen molar-refractivity contribution in [3.05, 3.63) is 81.4 Å². The Morgan fingerprint density at radius 1 is 1.12 bits per heavy atom. The predicted octanol–water partition coefficient (Wildman–Crippen LogP) is 3.81. The Morgan fingerprint density at radius 3 is 2.48 bits per heavy atom. The van der Waals surface area contributed by atoms with E-state index in [0.717, 1.165) is 0 Å². The first-order valence-corrected chi connectivity index (χ1v) is 7.71. The lowest BCUT2D eigenvalue weighted by Crippen LogP contribution is -2.12. The minimum atomic E-state index is -0.613. The first kappa shape index (κ1) is 18.1. The van der Waals surface area contributed by atoms with Gasteiger partial charge in [0.15, 0.2) is 5.78 Å². The summed E-state index contributed by atoms with van der Waals surface area (Å²) in [6.45, 7) is 1.84. The van der Waals surface area contributed by atoms with Crippen LogP contribution in [0.2, 0.25) is 0 Å². The third-order valence-corrected chi connectivity index (χ3v) is 3.41. The Morgan fingerprint density at radius 2 is 1.84 bits per heavy atom. The number of ether oxygens (including phenoxy) is 1. The van der Waals surface area contributed by atoms with Crippen LogP contribution in [0.3, 0.4) is 0 Å². The number of carbonyl (C=O) groups excluding carboxylic acids is 2. The zero-order valence-corrected chi connectivity index (χ0v) is 13.7. The minimum absolute atomic E-state index is 0.0913. The zero-order chi connectivity index (χ0) is 18.2. The number of nitro benzene ring substituents is 1. The van der Waals surface area contributed by atoms with Crippen LogP contribution in [-0.4, -0.2) is 23.3 Å². The largest absolute Gasteiger partial charge is 0.463 e. The number of benzene rings is 2. The van der Waals surface area contributed by atoms with Gasteiger partial charge in [0.05, 0.1) is 11.5 Å². The zero-order valence-electron chi connectivity index (χ0n) is 13.7. The number of nitro groups is 1. The highest BCUT2D eigenvalue weighted by Crippen LogP contribution is 2.19. The second-order valence-electron chi connectivity index (χ2n) is 5.21. The van der Waals surface area contributed by atoms with Gasteiger partial charge < -0.3 is 4.74 Å². The lowest BCUT2D eigenvalue weighted by molar-refractivity contribution is -0.384. The van der Waals surface area contributed by atoms with Crippen molar-refractivity contribution >= 4 is 23.5 Å². The van der Waals surface area contributed by atoms with Gasteiger partial charge >= 0.3 is 5.97 Å². The molecule has 0 aliphatic rings. The van der Waals surface area contributed by atoms with Gasteiger partial charge in [-0.1, -0.05) is 42.5 Å². The van der Waals surface area contributed by atoms with E-state index in [1.54, 1.807) is 43.3 Å². The lowest BCUT2D eigenvalue weighted by atomic mass is 10.0. The monoisotopic (exact) mass is 339 g/mol. The highest BCUT2D eigenvalue weighted by molar-refractivity contribution is 6.05. The topological polar surface area (TPSA) is 86.5 Å². The molecule has 0 unspecified atom stereocenters. The molecule has 25 heavy (non-hydrogen) atoms. The van der Waals surface area contributed by atoms with Crippen molar-refractivity contribution in [3.8, 4) is 0 Å². The van der Waals surface area contributed by atoms with Crippen LogP contribution >= 0.6 is 0 Å². The fourth-order valence-electron chi connectivity index (χ4n) is 2.23. The van der Waals surface area contributed by atoms with E-state index in [2.05, 4.69) is 0 Å². The van der Waals surface area contributed by atoms with Gasteiger partial charge in [0, 0.05) is 29.7 Å². The molecule has 2 aromatic carbocycles. The van der Waals surface area contributed by atoms with Crippen LogP contribution in [0, 0.1) is 10.1 Å². The maximum atomic E-state index is 12.4. The van der Waals surface area contributed by atoms with Crippen molar-refractivity contribution in [3.63, 3.8) is 0 Å². The molecule has 6 nitrogen and oxygen atoms in total. The average molecular weight is 339 g/mol. The van der Waals surface area contributed by atoms with Crippen LogP contribution < -0.4 is 0 Å². The molecule has 0 saturated heterocycles. The number of carbonyl (C=O) groups is 2. The maximum Gasteiger partial charge on any atom is 0.334 e. The van der Waals surface area contributed by atoms with E-state index in [9.17, 15) is 19.7 Å². The van der Waals surface area contributed by atoms with E-state index >= 15 is 0 Å². The number of nitrogens with zero attached hydrogens (tertiary/aromatic N) is 1. The Kier molecular flexibility index (Phi) is 6.17. The molecule has 0 radical (unpaired) electrons. The molecule has 0 amide bonds. The number of rotatable bonds is 7. The highest BCUT2D eigenvalue weighted by Gasteiger charge is 2.17. The van der Waals surface area contributed by atoms with E-state index in [0.29, 0.717) is 11.1 Å². The molecule has 0 atom stereocenters. The summed E-state index contributed by atoms with van der Waals surface area (Å²) in [4.78, 5) is 34.9. The highest BCUT2D eigenvalue weighted by atomic mass is 16.6. The summed E-state index contributed by atoms with van der Waals surface area (Å²) in [5.41, 5.74) is 0.998. The van der Waals surface area contributed by atoms with Crippen LogP contribution in [0.5, 0.6) is 0 Å². The third kappa shape index (κ3) is 5.10. The Hall–Kier alpha value is -3.28. The van der Waals surface area contributed by atoms with Crippen molar-refractivity contribution in [2.24, 2.45) is 0 Å². The summed E-state index contributed by atoms with van der Waals surface area (Å²) in [7, 11) is 0. The van der Waals surface area contributed by atoms with Gasteiger partial charge in [-0.25, -0.2) is 4.79 Å². The molecular formula is C19H17NO5. The SMILES string of the molecule is CCOC(=O)/C(=C/c1cccc([N+](=O)[O-])c1)CC(=O)c1ccccc1. The van der Waals surface area contributed by atoms with E-state index in [1.165, 1.54) is 24.3 Å². The van der Waals surface area contributed by atoms with E-state index in [-0.39, 0.29) is 30.1 Å². The third-order valence-electron chi connectivity index (χ3n) is 3.41. The molecular weight excluding hydrogens is 322 g/mol. The van der Waals surface area contributed by atoms with Crippen LogP contribution in [-0.2, 0) is 9.53 Å². The van der Waals surface area contributed by atoms with Gasteiger partial charge in [0.25, 0.3) is 5.69 Å². The van der Waals surface area contributed by atoms with Gasteiger partial charge in [-0.3, -0.25) is 14.9 Å². The van der Waals surface area contributed by atoms with Crippen molar-refractivity contribution in [1.29, 1.82) is 0 Å². The van der Waals surface area contributed by atoms with Crippen molar-refractivity contribution < 1.29 is 19.2 Å². The average Bonchev–Trinajstić information content (AvgIpc) is 2.62. The first-order valence-electron chi connectivity index (χ1n) is 7.71. The van der Waals surface area contributed by atoms with Crippen LogP contribution in [0.15, 0.2) is 60.2 Å². The minimum Gasteiger partial charge on any atom is -0.463 e. The summed E-state index contributed by atoms with van der Waals surface area (Å²) in [5, 5.41) is 10.9. The molecule has 0 heterocycles. The van der Waals surface area contributed by atoms with Gasteiger partial charge in [0.2, 0.25) is 0 Å². The second kappa shape index (κ2) is 8.54. The molecule has 0 aliphatic heterocycles. The fourth-order valence-corrected chi connectivity index (χ4v) is 2.23. The van der Waals surface area contributed by atoms with Gasteiger partial charge in [0.1, 0.15) is 0 Å². The number of hydrogen-bond acceptors (Lipinski definition) is 5. The molecule has 0 aromatic heterocycles. The van der Waals surface area contributed by atoms with E-state index in [4.69, 9.17) is 4.74 Å². The van der Waals surface area contributed by atoms with Gasteiger partial charge in [-0.2, -0.15) is 0 Å². The fraction of sp³-hybridized carbons (Fsp3) is 0.158. The summed E-state index contributed by atoms with van der Waals surface area (Å²) >= 11 is 0. The summed E-state index contributed by atoms with van der Waals surface area (Å²) in [6, 6.07) is 14.4. The Bertz CT molecular complexity index is 812. The van der Waals surface area contributed by atoms with Crippen molar-refractivity contribution in [2.45, 2.75) is 13.3 Å². The van der Waals surface area contributed by atoms with Crippen molar-refractivity contribution in [1.82, 2.24) is 0 Å². The summed E-state index contributed by atoms with van der Waals surface area (Å²) < 4.78 is 5.00. The number of Topliss-reactive ketones (excluding diaryl/α,β-unsaturated/α-hetero) is 1. The van der Waals surface area contributed by atoms with Crippen LogP contribution in [0.1, 0.15) is 29.3 Å². The maximum absolute atomic E-state index is 12.4. The predicted molar refractivity (Wildman–Crippen MR) is 93.1 cm³/mol. The van der Waals surface area contributed by atoms with E-state index in [1.807, 2.05) is 0 Å². The van der Waals surface area contributed by atoms with Gasteiger partial charge in [-0.15, -0.1) is 0 Å². The molecule has 2 rings (SSSR count). The van der Waals surface area contributed by atoms with E-state index < -0.39 is 10.9 Å². The number of esters is 1. The molecule has 6 heteroatoms. The quantitative estimate of drug-likeness (QED) is 0.252. The molecule has 0 bridgehead atoms. The lowest BCUT2D eigenvalue weighted by Gasteiger charge is -2.07. The standard InChI is InChI=1S/C19H17NO5/c1-2-25-19(22)16(13-18(21)15-8-4-3-5-9-15)11-14-7-6-10-17(12-14)20(23)24/h3-12H,2,13H2,1H3/b16-11+. The van der Waals surface area contributed by atoms with Gasteiger partial charge in [-0.05, 0) is 18.6 Å². The molecule has 2 aromatic rings.